The highest BCUT2D eigenvalue weighted by molar-refractivity contribution is 5.52. The molecule has 6 heteroatoms. The van der Waals surface area contributed by atoms with Gasteiger partial charge in [0.05, 0.1) is 19.3 Å². The topological polar surface area (TPSA) is 45.2 Å². The molecule has 0 aromatic heterocycles. The van der Waals surface area contributed by atoms with E-state index in [0.717, 1.165) is 57.5 Å². The SMILES string of the molecule is CCCCN(C)CCCN(C)C.O=CCN1CC(c2ccc3c(c2)CCO3)CC1CCC1CCCCO1. The fourth-order valence-corrected chi connectivity index (χ4v) is 5.92. The molecule has 0 amide bonds. The molecule has 1 aromatic carbocycles. The Morgan fingerprint density at radius 2 is 1.89 bits per heavy atom. The van der Waals surface area contributed by atoms with E-state index in [9.17, 15) is 4.79 Å². The predicted octanol–water partition coefficient (Wildman–Crippen LogP) is 5.00. The van der Waals surface area contributed by atoms with Crippen LogP contribution in [0.5, 0.6) is 5.75 Å². The number of nitrogens with zero attached hydrogens (tertiary/aromatic N) is 3. The summed E-state index contributed by atoms with van der Waals surface area (Å²) in [6.07, 6.45) is 13.6. The molecule has 210 valence electrons. The van der Waals surface area contributed by atoms with Crippen LogP contribution in [0.25, 0.3) is 0 Å². The van der Waals surface area contributed by atoms with Crippen molar-refractivity contribution in [1.29, 1.82) is 0 Å². The van der Waals surface area contributed by atoms with Crippen molar-refractivity contribution < 1.29 is 14.3 Å². The number of likely N-dealkylation sites (tertiary alicyclic amines) is 1. The van der Waals surface area contributed by atoms with Gasteiger partial charge in [0, 0.05) is 25.6 Å². The van der Waals surface area contributed by atoms with E-state index in [2.05, 4.69) is 61.0 Å². The summed E-state index contributed by atoms with van der Waals surface area (Å²) in [6, 6.07) is 7.19. The first kappa shape index (κ1) is 30.1. The minimum Gasteiger partial charge on any atom is -0.493 e. The largest absolute Gasteiger partial charge is 0.493 e. The van der Waals surface area contributed by atoms with Gasteiger partial charge in [-0.25, -0.2) is 0 Å². The zero-order valence-corrected chi connectivity index (χ0v) is 24.1. The highest BCUT2D eigenvalue weighted by Gasteiger charge is 2.33. The van der Waals surface area contributed by atoms with Crippen molar-refractivity contribution in [1.82, 2.24) is 14.7 Å². The van der Waals surface area contributed by atoms with E-state index in [1.165, 1.54) is 69.3 Å². The van der Waals surface area contributed by atoms with E-state index in [1.54, 1.807) is 0 Å². The van der Waals surface area contributed by atoms with Gasteiger partial charge >= 0.3 is 0 Å². The fourth-order valence-electron chi connectivity index (χ4n) is 5.92. The van der Waals surface area contributed by atoms with Crippen LogP contribution in [0.2, 0.25) is 0 Å². The number of unbranched alkanes of at least 4 members (excludes halogenated alkanes) is 1. The highest BCUT2D eigenvalue weighted by atomic mass is 16.5. The van der Waals surface area contributed by atoms with Crippen molar-refractivity contribution in [2.24, 2.45) is 0 Å². The van der Waals surface area contributed by atoms with Gasteiger partial charge in [-0.3, -0.25) is 4.90 Å². The van der Waals surface area contributed by atoms with Crippen molar-refractivity contribution >= 4 is 6.29 Å². The van der Waals surface area contributed by atoms with Crippen LogP contribution in [0.3, 0.4) is 0 Å². The molecule has 0 N–H and O–H groups in total. The number of carbonyl (C=O) groups excluding carboxylic acids is 1. The molecule has 0 aliphatic carbocycles. The molecule has 0 bridgehead atoms. The molecule has 3 unspecified atom stereocenters. The molecule has 3 heterocycles. The molecule has 6 nitrogen and oxygen atoms in total. The number of aldehydes is 1. The molecule has 1 aromatic rings. The van der Waals surface area contributed by atoms with Crippen LogP contribution in [-0.4, -0.2) is 100 Å². The van der Waals surface area contributed by atoms with E-state index >= 15 is 0 Å². The first-order chi connectivity index (χ1) is 18.0. The van der Waals surface area contributed by atoms with Gasteiger partial charge in [-0.2, -0.15) is 0 Å². The normalized spacial score (nSPS) is 23.6. The summed E-state index contributed by atoms with van der Waals surface area (Å²) in [7, 11) is 6.48. The van der Waals surface area contributed by atoms with E-state index in [4.69, 9.17) is 9.47 Å². The molecule has 3 atom stereocenters. The summed E-state index contributed by atoms with van der Waals surface area (Å²) in [5.74, 6) is 1.58. The van der Waals surface area contributed by atoms with Crippen LogP contribution in [0, 0.1) is 0 Å². The average Bonchev–Trinajstić information content (AvgIpc) is 3.54. The first-order valence-corrected chi connectivity index (χ1v) is 14.9. The maximum Gasteiger partial charge on any atom is 0.133 e. The monoisotopic (exact) mass is 515 g/mol. The van der Waals surface area contributed by atoms with Crippen molar-refractivity contribution in [3.63, 3.8) is 0 Å². The van der Waals surface area contributed by atoms with E-state index in [-0.39, 0.29) is 0 Å². The van der Waals surface area contributed by atoms with E-state index < -0.39 is 0 Å². The predicted molar refractivity (Wildman–Crippen MR) is 153 cm³/mol. The molecule has 0 saturated carbocycles. The number of fused-ring (bicyclic) bond motifs is 1. The quantitative estimate of drug-likeness (QED) is 0.345. The summed E-state index contributed by atoms with van der Waals surface area (Å²) in [4.78, 5) is 18.2. The van der Waals surface area contributed by atoms with Crippen molar-refractivity contribution in [3.8, 4) is 5.75 Å². The summed E-state index contributed by atoms with van der Waals surface area (Å²) >= 11 is 0. The summed E-state index contributed by atoms with van der Waals surface area (Å²) in [5.41, 5.74) is 2.76. The molecule has 0 spiro atoms. The van der Waals surface area contributed by atoms with E-state index in [0.29, 0.717) is 24.6 Å². The summed E-state index contributed by atoms with van der Waals surface area (Å²) in [5, 5.41) is 0. The summed E-state index contributed by atoms with van der Waals surface area (Å²) < 4.78 is 11.5. The van der Waals surface area contributed by atoms with Gasteiger partial charge < -0.3 is 24.1 Å². The standard InChI is InChI=1S/C21H29NO3.C10H24N2/c23-10-9-22-15-18(16-4-7-21-17(13-16)8-12-25-21)14-19(22)5-6-20-3-1-2-11-24-20;1-5-6-9-12(4)10-7-8-11(2)3/h4,7,10,13,18-20H,1-3,5-6,8-9,11-12,14-15H2;5-10H2,1-4H3. The van der Waals surface area contributed by atoms with Crippen molar-refractivity contribution in [2.75, 3.05) is 67.1 Å². The third-order valence-corrected chi connectivity index (χ3v) is 8.16. The number of hydrogen-bond donors (Lipinski definition) is 0. The van der Waals surface area contributed by atoms with Crippen LogP contribution in [0.1, 0.15) is 81.8 Å². The number of rotatable bonds is 13. The molecule has 0 radical (unpaired) electrons. The maximum atomic E-state index is 11.1. The molecular weight excluding hydrogens is 462 g/mol. The molecule has 3 aliphatic heterocycles. The lowest BCUT2D eigenvalue weighted by molar-refractivity contribution is -0.109. The van der Waals surface area contributed by atoms with Gasteiger partial charge in [0.15, 0.2) is 0 Å². The molecule has 3 aliphatic rings. The second-order valence-corrected chi connectivity index (χ2v) is 11.6. The lowest BCUT2D eigenvalue weighted by atomic mass is 9.92. The van der Waals surface area contributed by atoms with Crippen LogP contribution < -0.4 is 4.74 Å². The van der Waals surface area contributed by atoms with Crippen LogP contribution in [0.4, 0.5) is 0 Å². The smallest absolute Gasteiger partial charge is 0.133 e. The molecule has 37 heavy (non-hydrogen) atoms. The van der Waals surface area contributed by atoms with Crippen LogP contribution in [-0.2, 0) is 16.0 Å². The minimum absolute atomic E-state index is 0.433. The zero-order valence-electron chi connectivity index (χ0n) is 24.1. The number of ether oxygens (including phenoxy) is 2. The average molecular weight is 516 g/mol. The van der Waals surface area contributed by atoms with Gasteiger partial charge in [0.1, 0.15) is 12.0 Å². The molecular formula is C31H53N3O3. The van der Waals surface area contributed by atoms with Crippen LogP contribution in [0.15, 0.2) is 18.2 Å². The van der Waals surface area contributed by atoms with Gasteiger partial charge in [0.25, 0.3) is 0 Å². The first-order valence-electron chi connectivity index (χ1n) is 14.9. The Kier molecular flexibility index (Phi) is 13.4. The lowest BCUT2D eigenvalue weighted by Gasteiger charge is -2.26. The maximum absolute atomic E-state index is 11.1. The van der Waals surface area contributed by atoms with Gasteiger partial charge in [-0.1, -0.05) is 25.5 Å². The fraction of sp³-hybridized carbons (Fsp3) is 0.774. The van der Waals surface area contributed by atoms with Gasteiger partial charge in [-0.05, 0) is 115 Å². The summed E-state index contributed by atoms with van der Waals surface area (Å²) in [6.45, 7) is 9.22. The van der Waals surface area contributed by atoms with Crippen molar-refractivity contribution in [2.45, 2.75) is 89.2 Å². The molecule has 2 fully saturated rings. The lowest BCUT2D eigenvalue weighted by Crippen LogP contribution is -2.32. The highest BCUT2D eigenvalue weighted by Crippen LogP contribution is 2.37. The number of carbonyl (C=O) groups is 1. The third kappa shape index (κ3) is 10.3. The number of benzene rings is 1. The second-order valence-electron chi connectivity index (χ2n) is 11.6. The van der Waals surface area contributed by atoms with Gasteiger partial charge in [-0.15, -0.1) is 0 Å². The molecule has 4 rings (SSSR count). The Labute approximate surface area is 226 Å². The third-order valence-electron chi connectivity index (χ3n) is 8.16. The van der Waals surface area contributed by atoms with Gasteiger partial charge in [0.2, 0.25) is 0 Å². The number of hydrogen-bond acceptors (Lipinski definition) is 6. The Hall–Kier alpha value is -1.47. The Balaban J connectivity index is 0.000000270. The molecule has 2 saturated heterocycles. The van der Waals surface area contributed by atoms with Crippen molar-refractivity contribution in [3.05, 3.63) is 29.3 Å². The second kappa shape index (κ2) is 16.5. The van der Waals surface area contributed by atoms with E-state index in [1.807, 2.05) is 0 Å². The van der Waals surface area contributed by atoms with Crippen LogP contribution >= 0.6 is 0 Å². The zero-order chi connectivity index (χ0) is 26.5. The minimum atomic E-state index is 0.433. The Morgan fingerprint density at radius 1 is 1.05 bits per heavy atom. The Bertz CT molecular complexity index is 781. The Morgan fingerprint density at radius 3 is 2.62 bits per heavy atom.